The van der Waals surface area contributed by atoms with Gasteiger partial charge in [0, 0.05) is 12.6 Å². The lowest BCUT2D eigenvalue weighted by Crippen LogP contribution is -2.20. The maximum absolute atomic E-state index is 11.7. The third-order valence-electron chi connectivity index (χ3n) is 2.94. The first-order valence-corrected chi connectivity index (χ1v) is 6.14. The molecule has 0 saturated heterocycles. The van der Waals surface area contributed by atoms with Gasteiger partial charge in [-0.05, 0) is 42.5 Å². The lowest BCUT2D eigenvalue weighted by Gasteiger charge is -2.14. The van der Waals surface area contributed by atoms with Crippen molar-refractivity contribution < 1.29 is 9.53 Å². The van der Waals surface area contributed by atoms with Crippen LogP contribution in [0.3, 0.4) is 0 Å². The van der Waals surface area contributed by atoms with E-state index in [1.54, 1.807) is 7.05 Å². The Morgan fingerprint density at radius 1 is 1.41 bits per heavy atom. The second kappa shape index (κ2) is 4.78. The van der Waals surface area contributed by atoms with Gasteiger partial charge in [-0.1, -0.05) is 13.8 Å². The predicted octanol–water partition coefficient (Wildman–Crippen LogP) is 2.71. The molecule has 0 bridgehead atoms. The van der Waals surface area contributed by atoms with Crippen molar-refractivity contribution >= 4 is 5.91 Å². The van der Waals surface area contributed by atoms with Crippen LogP contribution in [0, 0.1) is 0 Å². The molecule has 0 atom stereocenters. The van der Waals surface area contributed by atoms with Crippen LogP contribution in [0.5, 0.6) is 5.75 Å². The van der Waals surface area contributed by atoms with Crippen LogP contribution >= 0.6 is 0 Å². The molecule has 0 aliphatic heterocycles. The lowest BCUT2D eigenvalue weighted by molar-refractivity contribution is 0.0962. The summed E-state index contributed by atoms with van der Waals surface area (Å²) in [5.41, 5.74) is 1.79. The summed E-state index contributed by atoms with van der Waals surface area (Å²) in [4.78, 5) is 11.7. The molecule has 1 aromatic carbocycles. The maximum atomic E-state index is 11.7. The summed E-state index contributed by atoms with van der Waals surface area (Å²) < 4.78 is 5.75. The smallest absolute Gasteiger partial charge is 0.251 e. The second-order valence-corrected chi connectivity index (χ2v) is 4.80. The van der Waals surface area contributed by atoms with Crippen LogP contribution in [0.1, 0.15) is 48.5 Å². The van der Waals surface area contributed by atoms with Crippen LogP contribution < -0.4 is 10.1 Å². The van der Waals surface area contributed by atoms with Crippen LogP contribution in [-0.2, 0) is 0 Å². The van der Waals surface area contributed by atoms with Gasteiger partial charge in [-0.15, -0.1) is 0 Å². The van der Waals surface area contributed by atoms with Crippen molar-refractivity contribution in [3.05, 3.63) is 29.3 Å². The molecule has 1 aromatic rings. The van der Waals surface area contributed by atoms with E-state index >= 15 is 0 Å². The van der Waals surface area contributed by atoms with Gasteiger partial charge >= 0.3 is 0 Å². The van der Waals surface area contributed by atoms with Crippen molar-refractivity contribution in [1.29, 1.82) is 0 Å². The summed E-state index contributed by atoms with van der Waals surface area (Å²) in [6.45, 7) is 4.17. The fourth-order valence-electron chi connectivity index (χ4n) is 1.81. The monoisotopic (exact) mass is 233 g/mol. The molecule has 1 amide bonds. The highest BCUT2D eigenvalue weighted by Gasteiger charge is 2.24. The Morgan fingerprint density at radius 2 is 2.12 bits per heavy atom. The van der Waals surface area contributed by atoms with E-state index < -0.39 is 0 Å². The predicted molar refractivity (Wildman–Crippen MR) is 67.6 cm³/mol. The van der Waals surface area contributed by atoms with E-state index in [9.17, 15) is 4.79 Å². The van der Waals surface area contributed by atoms with Crippen LogP contribution in [-0.4, -0.2) is 19.1 Å². The topological polar surface area (TPSA) is 38.3 Å². The highest BCUT2D eigenvalue weighted by molar-refractivity contribution is 5.95. The van der Waals surface area contributed by atoms with Crippen LogP contribution in [0.4, 0.5) is 0 Å². The molecule has 0 unspecified atom stereocenters. The van der Waals surface area contributed by atoms with Gasteiger partial charge in [-0.3, -0.25) is 4.79 Å². The SMILES string of the molecule is CNC(=O)c1ccc(OC2CC2)cc1C(C)C. The minimum absolute atomic E-state index is 0.0355. The van der Waals surface area contributed by atoms with E-state index in [2.05, 4.69) is 19.2 Å². The Balaban J connectivity index is 2.29. The van der Waals surface area contributed by atoms with Crippen LogP contribution in [0.15, 0.2) is 18.2 Å². The molecule has 1 aliphatic rings. The van der Waals surface area contributed by atoms with Crippen molar-refractivity contribution in [2.75, 3.05) is 7.05 Å². The zero-order valence-corrected chi connectivity index (χ0v) is 10.6. The number of rotatable bonds is 4. The van der Waals surface area contributed by atoms with Crippen LogP contribution in [0.2, 0.25) is 0 Å². The average Bonchev–Trinajstić information content (AvgIpc) is 3.12. The van der Waals surface area contributed by atoms with Gasteiger partial charge in [0.2, 0.25) is 0 Å². The fourth-order valence-corrected chi connectivity index (χ4v) is 1.81. The standard InChI is InChI=1S/C14H19NO2/c1-9(2)13-8-11(17-10-4-5-10)6-7-12(13)14(16)15-3/h6-10H,4-5H2,1-3H3,(H,15,16). The molecule has 1 N–H and O–H groups in total. The first-order valence-electron chi connectivity index (χ1n) is 6.14. The largest absolute Gasteiger partial charge is 0.490 e. The summed E-state index contributed by atoms with van der Waals surface area (Å²) in [7, 11) is 1.65. The number of carbonyl (C=O) groups is 1. The van der Waals surface area contributed by atoms with Gasteiger partial charge in [-0.25, -0.2) is 0 Å². The molecule has 0 radical (unpaired) electrons. The molecule has 1 aliphatic carbocycles. The third-order valence-corrected chi connectivity index (χ3v) is 2.94. The molecular weight excluding hydrogens is 214 g/mol. The summed E-state index contributed by atoms with van der Waals surface area (Å²) in [5.74, 6) is 1.15. The van der Waals surface area contributed by atoms with E-state index in [1.807, 2.05) is 18.2 Å². The van der Waals surface area contributed by atoms with Gasteiger partial charge in [0.15, 0.2) is 0 Å². The molecule has 0 spiro atoms. The quantitative estimate of drug-likeness (QED) is 0.868. The Morgan fingerprint density at radius 3 is 2.65 bits per heavy atom. The van der Waals surface area contributed by atoms with Crippen molar-refractivity contribution in [2.45, 2.75) is 38.7 Å². The molecule has 1 fully saturated rings. The van der Waals surface area contributed by atoms with Gasteiger partial charge in [-0.2, -0.15) is 0 Å². The summed E-state index contributed by atoms with van der Waals surface area (Å²) >= 11 is 0. The van der Waals surface area contributed by atoms with Crippen molar-refractivity contribution in [1.82, 2.24) is 5.32 Å². The first kappa shape index (κ1) is 12.0. The van der Waals surface area contributed by atoms with E-state index in [1.165, 1.54) is 0 Å². The third kappa shape index (κ3) is 2.78. The minimum Gasteiger partial charge on any atom is -0.490 e. The molecular formula is C14H19NO2. The summed E-state index contributed by atoms with van der Waals surface area (Å²) in [6.07, 6.45) is 2.68. The number of benzene rings is 1. The number of ether oxygens (including phenoxy) is 1. The number of hydrogen-bond acceptors (Lipinski definition) is 2. The number of amides is 1. The van der Waals surface area contributed by atoms with Gasteiger partial charge in [0.25, 0.3) is 5.91 Å². The first-order chi connectivity index (χ1) is 8.11. The number of hydrogen-bond donors (Lipinski definition) is 1. The van der Waals surface area contributed by atoms with E-state index in [0.717, 1.165) is 29.7 Å². The molecule has 0 heterocycles. The number of carbonyl (C=O) groups excluding carboxylic acids is 1. The van der Waals surface area contributed by atoms with E-state index in [-0.39, 0.29) is 5.91 Å². The van der Waals surface area contributed by atoms with Crippen LogP contribution in [0.25, 0.3) is 0 Å². The summed E-state index contributed by atoms with van der Waals surface area (Å²) in [6, 6.07) is 5.73. The van der Waals surface area contributed by atoms with Crippen molar-refractivity contribution in [2.24, 2.45) is 0 Å². The zero-order chi connectivity index (χ0) is 12.4. The second-order valence-electron chi connectivity index (χ2n) is 4.80. The van der Waals surface area contributed by atoms with Gasteiger partial charge < -0.3 is 10.1 Å². The average molecular weight is 233 g/mol. The maximum Gasteiger partial charge on any atom is 0.251 e. The van der Waals surface area contributed by atoms with E-state index in [4.69, 9.17) is 4.74 Å². The molecule has 0 aromatic heterocycles. The van der Waals surface area contributed by atoms with Crippen molar-refractivity contribution in [3.8, 4) is 5.75 Å². The molecule has 3 heteroatoms. The molecule has 2 rings (SSSR count). The van der Waals surface area contributed by atoms with Gasteiger partial charge in [0.1, 0.15) is 5.75 Å². The Kier molecular flexibility index (Phi) is 3.36. The zero-order valence-electron chi connectivity index (χ0n) is 10.6. The molecule has 92 valence electrons. The molecule has 17 heavy (non-hydrogen) atoms. The fraction of sp³-hybridized carbons (Fsp3) is 0.500. The number of nitrogens with one attached hydrogen (secondary N) is 1. The van der Waals surface area contributed by atoms with E-state index in [0.29, 0.717) is 12.0 Å². The Bertz CT molecular complexity index is 422. The molecule has 1 saturated carbocycles. The molecule has 3 nitrogen and oxygen atoms in total. The lowest BCUT2D eigenvalue weighted by atomic mass is 9.96. The van der Waals surface area contributed by atoms with Gasteiger partial charge in [0.05, 0.1) is 6.10 Å². The summed E-state index contributed by atoms with van der Waals surface area (Å²) in [5, 5.41) is 2.67. The normalized spacial score (nSPS) is 14.8. The highest BCUT2D eigenvalue weighted by atomic mass is 16.5. The van der Waals surface area contributed by atoms with Crippen molar-refractivity contribution in [3.63, 3.8) is 0 Å². The Hall–Kier alpha value is -1.51. The highest BCUT2D eigenvalue weighted by Crippen LogP contribution is 2.30. The minimum atomic E-state index is -0.0355. The Labute approximate surface area is 102 Å².